The van der Waals surface area contributed by atoms with Crippen molar-refractivity contribution in [2.24, 2.45) is 0 Å². The predicted molar refractivity (Wildman–Crippen MR) is 41.1 cm³/mol. The number of carbonyl (C=O) groups is 1. The molecule has 0 N–H and O–H groups in total. The Bertz CT molecular complexity index is 246. The van der Waals surface area contributed by atoms with Gasteiger partial charge in [0.25, 0.3) is 5.13 Å². The molecule has 0 radical (unpaired) electrons. The molecule has 0 aliphatic rings. The lowest BCUT2D eigenvalue weighted by atomic mass is 10.1. The molecule has 1 atom stereocenters. The van der Waals surface area contributed by atoms with E-state index in [1.165, 1.54) is 12.1 Å². The maximum absolute atomic E-state index is 12.9. The van der Waals surface area contributed by atoms with E-state index in [-0.39, 0.29) is 11.8 Å². The van der Waals surface area contributed by atoms with E-state index in [1.54, 1.807) is 18.2 Å². The zero-order valence-electron chi connectivity index (χ0n) is 5.63. The fourth-order valence-electron chi connectivity index (χ4n) is 0.728. The summed E-state index contributed by atoms with van der Waals surface area (Å²) in [4.78, 5) is 10.1. The standard InChI is InChI=1S/C8H6ClFO/c9-8(10,6-11)7-4-2-1-3-5-7/h1-6H. The summed E-state index contributed by atoms with van der Waals surface area (Å²) in [6, 6.07) is 7.88. The number of aldehydes is 1. The molecule has 1 aromatic rings. The van der Waals surface area contributed by atoms with Crippen molar-refractivity contribution < 1.29 is 9.18 Å². The van der Waals surface area contributed by atoms with Crippen LogP contribution in [-0.2, 0) is 9.92 Å². The van der Waals surface area contributed by atoms with Crippen molar-refractivity contribution in [1.82, 2.24) is 0 Å². The van der Waals surface area contributed by atoms with Crippen LogP contribution in [0.2, 0.25) is 0 Å². The van der Waals surface area contributed by atoms with Crippen LogP contribution in [0.15, 0.2) is 30.3 Å². The first-order valence-electron chi connectivity index (χ1n) is 3.06. The van der Waals surface area contributed by atoms with Gasteiger partial charge in [0, 0.05) is 5.56 Å². The van der Waals surface area contributed by atoms with Crippen LogP contribution < -0.4 is 0 Å². The fraction of sp³-hybridized carbons (Fsp3) is 0.125. The molecule has 0 amide bonds. The molecule has 0 heterocycles. The molecular formula is C8H6ClFO. The number of benzene rings is 1. The molecule has 0 saturated carbocycles. The van der Waals surface area contributed by atoms with Gasteiger partial charge in [0.15, 0.2) is 6.29 Å². The van der Waals surface area contributed by atoms with Crippen LogP contribution in [0.25, 0.3) is 0 Å². The van der Waals surface area contributed by atoms with Gasteiger partial charge in [-0.1, -0.05) is 41.9 Å². The van der Waals surface area contributed by atoms with Crippen molar-refractivity contribution in [2.75, 3.05) is 0 Å². The number of rotatable bonds is 2. The Morgan fingerprint density at radius 3 is 2.36 bits per heavy atom. The minimum Gasteiger partial charge on any atom is -0.298 e. The molecule has 0 aromatic heterocycles. The third kappa shape index (κ3) is 1.77. The highest BCUT2D eigenvalue weighted by atomic mass is 35.5. The number of alkyl halides is 2. The van der Waals surface area contributed by atoms with E-state index in [9.17, 15) is 9.18 Å². The van der Waals surface area contributed by atoms with Gasteiger partial charge < -0.3 is 0 Å². The quantitative estimate of drug-likeness (QED) is 0.494. The van der Waals surface area contributed by atoms with Gasteiger partial charge in [-0.3, -0.25) is 4.79 Å². The van der Waals surface area contributed by atoms with Crippen molar-refractivity contribution in [1.29, 1.82) is 0 Å². The van der Waals surface area contributed by atoms with E-state index in [1.807, 2.05) is 0 Å². The first-order valence-corrected chi connectivity index (χ1v) is 3.44. The van der Waals surface area contributed by atoms with Crippen LogP contribution in [0.3, 0.4) is 0 Å². The van der Waals surface area contributed by atoms with Crippen LogP contribution in [0.1, 0.15) is 5.56 Å². The van der Waals surface area contributed by atoms with Crippen LogP contribution in [0, 0.1) is 0 Å². The van der Waals surface area contributed by atoms with Gasteiger partial charge in [0.2, 0.25) is 0 Å². The van der Waals surface area contributed by atoms with Crippen LogP contribution in [-0.4, -0.2) is 6.29 Å². The average molecular weight is 173 g/mol. The van der Waals surface area contributed by atoms with E-state index in [0.717, 1.165) is 0 Å². The van der Waals surface area contributed by atoms with E-state index in [4.69, 9.17) is 11.6 Å². The minimum absolute atomic E-state index is 0.0733. The number of halogens is 2. The van der Waals surface area contributed by atoms with Crippen molar-refractivity contribution in [3.8, 4) is 0 Å². The summed E-state index contributed by atoms with van der Waals surface area (Å²) in [5.74, 6) is 0. The Morgan fingerprint density at radius 1 is 1.36 bits per heavy atom. The molecule has 3 heteroatoms. The lowest BCUT2D eigenvalue weighted by Crippen LogP contribution is -2.12. The number of hydrogen-bond acceptors (Lipinski definition) is 1. The maximum atomic E-state index is 12.9. The summed E-state index contributed by atoms with van der Waals surface area (Å²) in [5.41, 5.74) is 0.164. The lowest BCUT2D eigenvalue weighted by molar-refractivity contribution is -0.114. The topological polar surface area (TPSA) is 17.1 Å². The summed E-state index contributed by atoms with van der Waals surface area (Å²) in [7, 11) is 0. The lowest BCUT2D eigenvalue weighted by Gasteiger charge is -2.08. The first-order chi connectivity index (χ1) is 5.17. The van der Waals surface area contributed by atoms with Gasteiger partial charge in [-0.25, -0.2) is 4.39 Å². The normalized spacial score (nSPS) is 15.5. The summed E-state index contributed by atoms with van der Waals surface area (Å²) in [6.07, 6.45) is 0.0733. The van der Waals surface area contributed by atoms with Crippen LogP contribution >= 0.6 is 11.6 Å². The Hall–Kier alpha value is -0.890. The van der Waals surface area contributed by atoms with E-state index in [2.05, 4.69) is 0 Å². The van der Waals surface area contributed by atoms with Crippen LogP contribution in [0.4, 0.5) is 4.39 Å². The number of carbonyl (C=O) groups excluding carboxylic acids is 1. The highest BCUT2D eigenvalue weighted by Gasteiger charge is 2.27. The van der Waals surface area contributed by atoms with Crippen molar-refractivity contribution >= 4 is 17.9 Å². The largest absolute Gasteiger partial charge is 0.298 e. The maximum Gasteiger partial charge on any atom is 0.263 e. The Labute approximate surface area is 68.8 Å². The molecule has 1 aromatic carbocycles. The molecule has 11 heavy (non-hydrogen) atoms. The highest BCUT2D eigenvalue weighted by molar-refractivity contribution is 6.30. The monoisotopic (exact) mass is 172 g/mol. The smallest absolute Gasteiger partial charge is 0.263 e. The molecule has 1 unspecified atom stereocenters. The molecule has 1 rings (SSSR count). The van der Waals surface area contributed by atoms with Gasteiger partial charge in [-0.05, 0) is 0 Å². The Morgan fingerprint density at radius 2 is 1.91 bits per heavy atom. The molecule has 0 fully saturated rings. The molecule has 0 spiro atoms. The number of hydrogen-bond donors (Lipinski definition) is 0. The van der Waals surface area contributed by atoms with Crippen molar-refractivity contribution in [3.05, 3.63) is 35.9 Å². The molecular weight excluding hydrogens is 167 g/mol. The second kappa shape index (κ2) is 3.01. The molecule has 0 saturated heterocycles. The second-order valence-corrected chi connectivity index (χ2v) is 2.66. The predicted octanol–water partition coefficient (Wildman–Crippen LogP) is 2.25. The summed E-state index contributed by atoms with van der Waals surface area (Å²) >= 11 is 5.21. The summed E-state index contributed by atoms with van der Waals surface area (Å²) < 4.78 is 12.9. The third-order valence-electron chi connectivity index (χ3n) is 1.31. The Kier molecular flexibility index (Phi) is 2.25. The molecule has 1 nitrogen and oxygen atoms in total. The van der Waals surface area contributed by atoms with Crippen molar-refractivity contribution in [2.45, 2.75) is 5.13 Å². The zero-order valence-corrected chi connectivity index (χ0v) is 6.38. The summed E-state index contributed by atoms with van der Waals surface area (Å²) in [5, 5.41) is -2.37. The third-order valence-corrected chi connectivity index (χ3v) is 1.61. The highest BCUT2D eigenvalue weighted by Crippen LogP contribution is 2.27. The summed E-state index contributed by atoms with van der Waals surface area (Å²) in [6.45, 7) is 0. The van der Waals surface area contributed by atoms with Gasteiger partial charge in [-0.15, -0.1) is 0 Å². The molecule has 58 valence electrons. The van der Waals surface area contributed by atoms with E-state index >= 15 is 0 Å². The van der Waals surface area contributed by atoms with Gasteiger partial charge in [0.05, 0.1) is 0 Å². The van der Waals surface area contributed by atoms with Crippen molar-refractivity contribution in [3.63, 3.8) is 0 Å². The SMILES string of the molecule is O=CC(F)(Cl)c1ccccc1. The van der Waals surface area contributed by atoms with E-state index < -0.39 is 5.13 Å². The van der Waals surface area contributed by atoms with Gasteiger partial charge >= 0.3 is 0 Å². The molecule has 0 aliphatic carbocycles. The zero-order chi connectivity index (χ0) is 8.32. The van der Waals surface area contributed by atoms with Gasteiger partial charge in [-0.2, -0.15) is 0 Å². The van der Waals surface area contributed by atoms with Gasteiger partial charge in [0.1, 0.15) is 0 Å². The average Bonchev–Trinajstić information content (AvgIpc) is 2.06. The minimum atomic E-state index is -2.37. The molecule has 0 bridgehead atoms. The first kappa shape index (κ1) is 8.21. The van der Waals surface area contributed by atoms with E-state index in [0.29, 0.717) is 0 Å². The molecule has 0 aliphatic heterocycles. The Balaban J connectivity index is 3.02. The van der Waals surface area contributed by atoms with Crippen LogP contribution in [0.5, 0.6) is 0 Å². The second-order valence-electron chi connectivity index (χ2n) is 2.11. The fourth-order valence-corrected chi connectivity index (χ4v) is 0.854.